The zero-order valence-corrected chi connectivity index (χ0v) is 18.3. The van der Waals surface area contributed by atoms with Crippen LogP contribution in [-0.2, 0) is 9.09 Å². The van der Waals surface area contributed by atoms with E-state index in [4.69, 9.17) is 4.52 Å². The van der Waals surface area contributed by atoms with E-state index in [1.807, 2.05) is 55.4 Å². The van der Waals surface area contributed by atoms with E-state index in [-0.39, 0.29) is 6.10 Å². The molecule has 6 heteroatoms. The Morgan fingerprint density at radius 1 is 1.04 bits per heavy atom. The molecule has 0 spiro atoms. The van der Waals surface area contributed by atoms with Crippen LogP contribution >= 0.6 is 23.3 Å². The van der Waals surface area contributed by atoms with Crippen LogP contribution in [0.3, 0.4) is 0 Å². The lowest BCUT2D eigenvalue weighted by atomic mass is 9.98. The summed E-state index contributed by atoms with van der Waals surface area (Å²) >= 11 is 3.40. The van der Waals surface area contributed by atoms with Crippen molar-refractivity contribution >= 4 is 34.3 Å². The van der Waals surface area contributed by atoms with E-state index >= 15 is 0 Å². The van der Waals surface area contributed by atoms with Crippen molar-refractivity contribution in [1.29, 1.82) is 0 Å². The molecule has 0 aromatic heterocycles. The lowest BCUT2D eigenvalue weighted by Crippen LogP contribution is -2.22. The van der Waals surface area contributed by atoms with Crippen LogP contribution in [0.1, 0.15) is 43.5 Å². The van der Waals surface area contributed by atoms with Gasteiger partial charge >= 0.3 is 0 Å². The van der Waals surface area contributed by atoms with Gasteiger partial charge in [-0.15, -0.1) is 0 Å². The molecule has 0 radical (unpaired) electrons. The molecule has 1 N–H and O–H groups in total. The molecule has 2 aromatic carbocycles. The second kappa shape index (κ2) is 8.91. The van der Waals surface area contributed by atoms with E-state index in [2.05, 4.69) is 15.9 Å². The van der Waals surface area contributed by atoms with Crippen molar-refractivity contribution in [2.24, 2.45) is 0 Å². The number of nitrogens with zero attached hydrogens (tertiary/aromatic N) is 1. The summed E-state index contributed by atoms with van der Waals surface area (Å²) in [7, 11) is 0.428. The van der Waals surface area contributed by atoms with Gasteiger partial charge in [-0.3, -0.25) is 4.57 Å². The van der Waals surface area contributed by atoms with Crippen LogP contribution in [0.5, 0.6) is 0 Å². The minimum atomic E-state index is -3.50. The Balaban J connectivity index is 1.96. The van der Waals surface area contributed by atoms with Gasteiger partial charge in [0.05, 0.1) is 6.10 Å². The molecule has 0 bridgehead atoms. The molecule has 0 unspecified atom stereocenters. The highest BCUT2D eigenvalue weighted by Gasteiger charge is 2.39. The summed E-state index contributed by atoms with van der Waals surface area (Å²) in [6, 6.07) is 14.7. The Bertz CT molecular complexity index is 786. The number of anilines is 1. The molecule has 146 valence electrons. The van der Waals surface area contributed by atoms with Crippen LogP contribution in [0.25, 0.3) is 0 Å². The van der Waals surface area contributed by atoms with Gasteiger partial charge in [0.1, 0.15) is 0 Å². The number of benzene rings is 2. The maximum absolute atomic E-state index is 14.1. The number of hydrogen-bond donors (Lipinski definition) is 1. The first kappa shape index (κ1) is 20.6. The lowest BCUT2D eigenvalue weighted by Gasteiger charge is -2.31. The maximum Gasteiger partial charge on any atom is 0.264 e. The number of halogens is 1. The molecule has 1 aliphatic rings. The molecule has 0 amide bonds. The first-order valence-electron chi connectivity index (χ1n) is 9.40. The highest BCUT2D eigenvalue weighted by atomic mass is 79.9. The van der Waals surface area contributed by atoms with Crippen molar-refractivity contribution in [3.8, 4) is 0 Å². The van der Waals surface area contributed by atoms with Crippen LogP contribution in [0.2, 0.25) is 0 Å². The minimum absolute atomic E-state index is 0.0665. The van der Waals surface area contributed by atoms with Gasteiger partial charge in [-0.2, -0.15) is 0 Å². The molecule has 1 aliphatic carbocycles. The molecule has 0 heterocycles. The molecular formula is C21H27BrNO3P. The fraction of sp³-hybridized carbons (Fsp3) is 0.429. The minimum Gasteiger partial charge on any atom is -0.378 e. The maximum atomic E-state index is 14.1. The summed E-state index contributed by atoms with van der Waals surface area (Å²) in [5, 5.41) is 11.6. The van der Waals surface area contributed by atoms with E-state index < -0.39 is 13.2 Å². The standard InChI is InChI=1S/C21H27BrNO3P/c1-23(2)18-12-14-20(15-13-18)27(25,26-19-6-4-3-5-7-19)21(24)16-8-10-17(22)11-9-16/h8-15,19,21,24H,3-7H2,1-2H3/t21-,27-/m0/s1. The molecule has 2 aromatic rings. The fourth-order valence-corrected chi connectivity index (χ4v) is 6.01. The fourth-order valence-electron chi connectivity index (χ4n) is 3.44. The van der Waals surface area contributed by atoms with E-state index in [1.54, 1.807) is 12.1 Å². The Morgan fingerprint density at radius 3 is 2.19 bits per heavy atom. The van der Waals surface area contributed by atoms with Crippen LogP contribution in [0.4, 0.5) is 5.69 Å². The topological polar surface area (TPSA) is 49.8 Å². The van der Waals surface area contributed by atoms with Gasteiger partial charge in [0.2, 0.25) is 0 Å². The summed E-state index contributed by atoms with van der Waals surface area (Å²) in [6.45, 7) is 0. The van der Waals surface area contributed by atoms with Gasteiger partial charge in [-0.05, 0) is 54.8 Å². The molecular weight excluding hydrogens is 425 g/mol. The summed E-state index contributed by atoms with van der Waals surface area (Å²) < 4.78 is 21.2. The first-order valence-corrected chi connectivity index (χ1v) is 11.9. The average Bonchev–Trinajstić information content (AvgIpc) is 2.69. The van der Waals surface area contributed by atoms with Crippen LogP contribution in [0, 0.1) is 0 Å². The first-order chi connectivity index (χ1) is 12.9. The molecule has 1 fully saturated rings. The smallest absolute Gasteiger partial charge is 0.264 e. The monoisotopic (exact) mass is 451 g/mol. The third-order valence-electron chi connectivity index (χ3n) is 5.07. The van der Waals surface area contributed by atoms with Crippen LogP contribution in [-0.4, -0.2) is 25.3 Å². The Morgan fingerprint density at radius 2 is 1.63 bits per heavy atom. The highest BCUT2D eigenvalue weighted by Crippen LogP contribution is 2.59. The van der Waals surface area contributed by atoms with Crippen molar-refractivity contribution in [1.82, 2.24) is 0 Å². The number of aliphatic hydroxyl groups is 1. The summed E-state index contributed by atoms with van der Waals surface area (Å²) in [5.74, 6) is -1.18. The summed E-state index contributed by atoms with van der Waals surface area (Å²) in [4.78, 5) is 1.99. The van der Waals surface area contributed by atoms with Gasteiger partial charge in [0, 0.05) is 29.6 Å². The van der Waals surface area contributed by atoms with Gasteiger partial charge in [-0.1, -0.05) is 47.3 Å². The molecule has 0 saturated heterocycles. The van der Waals surface area contributed by atoms with Gasteiger partial charge in [0.15, 0.2) is 5.85 Å². The van der Waals surface area contributed by atoms with Crippen molar-refractivity contribution < 1.29 is 14.2 Å². The quantitative estimate of drug-likeness (QED) is 0.592. The van der Waals surface area contributed by atoms with Gasteiger partial charge in [-0.25, -0.2) is 0 Å². The third-order valence-corrected chi connectivity index (χ3v) is 8.17. The average molecular weight is 452 g/mol. The highest BCUT2D eigenvalue weighted by molar-refractivity contribution is 9.10. The second-order valence-corrected chi connectivity index (χ2v) is 10.6. The van der Waals surface area contributed by atoms with Crippen LogP contribution < -0.4 is 10.2 Å². The van der Waals surface area contributed by atoms with Gasteiger partial charge in [0.25, 0.3) is 7.37 Å². The third kappa shape index (κ3) is 4.83. The van der Waals surface area contributed by atoms with Crippen LogP contribution in [0.15, 0.2) is 53.0 Å². The molecule has 3 rings (SSSR count). The molecule has 1 saturated carbocycles. The molecule has 4 nitrogen and oxygen atoms in total. The zero-order chi connectivity index (χ0) is 19.4. The molecule has 2 atom stereocenters. The number of hydrogen-bond acceptors (Lipinski definition) is 4. The SMILES string of the molecule is CN(C)c1ccc([P@](=O)(OC2CCCCC2)[C@H](O)c2ccc(Br)cc2)cc1. The predicted molar refractivity (Wildman–Crippen MR) is 115 cm³/mol. The lowest BCUT2D eigenvalue weighted by molar-refractivity contribution is 0.137. The van der Waals surface area contributed by atoms with Gasteiger partial charge < -0.3 is 14.5 Å². The zero-order valence-electron chi connectivity index (χ0n) is 15.8. The molecule has 27 heavy (non-hydrogen) atoms. The van der Waals surface area contributed by atoms with Crippen molar-refractivity contribution in [3.05, 3.63) is 58.6 Å². The Labute approximate surface area is 170 Å². The number of rotatable bonds is 6. The van der Waals surface area contributed by atoms with E-state index in [0.29, 0.717) is 10.9 Å². The summed E-state index contributed by atoms with van der Waals surface area (Å²) in [6.07, 6.45) is 5.08. The van der Waals surface area contributed by atoms with Crippen molar-refractivity contribution in [3.63, 3.8) is 0 Å². The molecule has 0 aliphatic heterocycles. The summed E-state index contributed by atoms with van der Waals surface area (Å²) in [5.41, 5.74) is 1.62. The van der Waals surface area contributed by atoms with E-state index in [1.165, 1.54) is 6.42 Å². The normalized spacial score (nSPS) is 18.7. The largest absolute Gasteiger partial charge is 0.378 e. The number of aliphatic hydroxyl groups excluding tert-OH is 1. The second-order valence-electron chi connectivity index (χ2n) is 7.30. The van der Waals surface area contributed by atoms with E-state index in [9.17, 15) is 9.67 Å². The van der Waals surface area contributed by atoms with E-state index in [0.717, 1.165) is 35.8 Å². The predicted octanol–water partition coefficient (Wildman–Crippen LogP) is 5.46. The Hall–Kier alpha value is -1.13. The van der Waals surface area contributed by atoms with Crippen molar-refractivity contribution in [2.45, 2.75) is 44.1 Å². The van der Waals surface area contributed by atoms with Crippen molar-refractivity contribution in [2.75, 3.05) is 19.0 Å². The Kier molecular flexibility index (Phi) is 6.80.